The molecule has 0 spiro atoms. The van der Waals surface area contributed by atoms with Crippen LogP contribution in [0.3, 0.4) is 0 Å². The summed E-state index contributed by atoms with van der Waals surface area (Å²) in [5.41, 5.74) is 0.543. The van der Waals surface area contributed by atoms with Gasteiger partial charge in [0, 0.05) is 30.0 Å². The molecular weight excluding hydrogens is 315 g/mol. The number of rotatable bonds is 6. The molecule has 0 atom stereocenters. The summed E-state index contributed by atoms with van der Waals surface area (Å²) in [6, 6.07) is 4.51. The fourth-order valence-corrected chi connectivity index (χ4v) is 3.48. The maximum Gasteiger partial charge on any atom is 0.263 e. The van der Waals surface area contributed by atoms with Gasteiger partial charge in [0.15, 0.2) is 0 Å². The Morgan fingerprint density at radius 2 is 1.95 bits per heavy atom. The molecule has 4 nitrogen and oxygen atoms in total. The number of benzene rings is 1. The van der Waals surface area contributed by atoms with Crippen LogP contribution >= 0.6 is 10.7 Å². The van der Waals surface area contributed by atoms with Gasteiger partial charge in [0.1, 0.15) is 10.7 Å². The minimum atomic E-state index is -3.98. The molecule has 21 heavy (non-hydrogen) atoms. The van der Waals surface area contributed by atoms with Crippen LogP contribution in [0, 0.1) is 5.82 Å². The molecule has 0 unspecified atom stereocenters. The lowest BCUT2D eigenvalue weighted by atomic mass is 10.2. The lowest BCUT2D eigenvalue weighted by Gasteiger charge is -2.18. The molecule has 1 heterocycles. The van der Waals surface area contributed by atoms with E-state index in [0.717, 1.165) is 19.6 Å². The van der Waals surface area contributed by atoms with Gasteiger partial charge < -0.3 is 9.47 Å². The van der Waals surface area contributed by atoms with Gasteiger partial charge in [-0.15, -0.1) is 0 Å². The Balaban J connectivity index is 2.48. The van der Waals surface area contributed by atoms with Crippen LogP contribution in [0.5, 0.6) is 0 Å². The Labute approximate surface area is 128 Å². The third-order valence-electron chi connectivity index (χ3n) is 3.63. The molecule has 0 saturated carbocycles. The molecule has 0 amide bonds. The van der Waals surface area contributed by atoms with E-state index in [0.29, 0.717) is 12.1 Å². The second-order valence-corrected chi connectivity index (χ2v) is 7.32. The molecule has 0 aliphatic heterocycles. The van der Waals surface area contributed by atoms with Crippen molar-refractivity contribution < 1.29 is 12.8 Å². The smallest absolute Gasteiger partial charge is 0.263 e. The van der Waals surface area contributed by atoms with E-state index in [9.17, 15) is 12.8 Å². The van der Waals surface area contributed by atoms with Crippen LogP contribution in [0.1, 0.15) is 13.8 Å². The molecule has 2 aromatic rings. The number of likely N-dealkylation sites (N-methyl/N-ethyl adjacent to an activating group) is 1. The quantitative estimate of drug-likeness (QED) is 0.764. The number of fused-ring (bicyclic) bond motifs is 1. The summed E-state index contributed by atoms with van der Waals surface area (Å²) in [6.45, 7) is 7.27. The molecule has 1 aromatic carbocycles. The van der Waals surface area contributed by atoms with E-state index in [1.165, 1.54) is 12.3 Å². The van der Waals surface area contributed by atoms with E-state index in [2.05, 4.69) is 18.7 Å². The fraction of sp³-hybridized carbons (Fsp3) is 0.429. The first-order chi connectivity index (χ1) is 9.88. The molecular formula is C14H18ClFN2O2S. The fourth-order valence-electron chi connectivity index (χ4n) is 2.43. The van der Waals surface area contributed by atoms with E-state index in [4.69, 9.17) is 10.7 Å². The third-order valence-corrected chi connectivity index (χ3v) is 4.97. The van der Waals surface area contributed by atoms with Gasteiger partial charge in [-0.1, -0.05) is 19.9 Å². The lowest BCUT2D eigenvalue weighted by molar-refractivity contribution is 0.292. The van der Waals surface area contributed by atoms with Crippen molar-refractivity contribution in [3.05, 3.63) is 30.2 Å². The lowest BCUT2D eigenvalue weighted by Crippen LogP contribution is -2.26. The zero-order chi connectivity index (χ0) is 15.6. The zero-order valence-corrected chi connectivity index (χ0v) is 13.6. The molecule has 0 bridgehead atoms. The SMILES string of the molecule is CCN(CC)CCn1cc(S(=O)(=O)Cl)c2c(F)cccc21. The van der Waals surface area contributed by atoms with Crippen molar-refractivity contribution in [2.75, 3.05) is 19.6 Å². The van der Waals surface area contributed by atoms with Crippen molar-refractivity contribution in [3.8, 4) is 0 Å². The van der Waals surface area contributed by atoms with Crippen molar-refractivity contribution in [1.82, 2.24) is 9.47 Å². The van der Waals surface area contributed by atoms with Crippen molar-refractivity contribution in [2.24, 2.45) is 0 Å². The number of hydrogen-bond donors (Lipinski definition) is 0. The van der Waals surface area contributed by atoms with Gasteiger partial charge in [0.2, 0.25) is 0 Å². The topological polar surface area (TPSA) is 42.3 Å². The first kappa shape index (κ1) is 16.3. The average Bonchev–Trinajstić information content (AvgIpc) is 2.80. The van der Waals surface area contributed by atoms with Crippen LogP contribution in [0.2, 0.25) is 0 Å². The molecule has 7 heteroatoms. The van der Waals surface area contributed by atoms with Gasteiger partial charge in [0.05, 0.1) is 10.9 Å². The van der Waals surface area contributed by atoms with Crippen molar-refractivity contribution in [1.29, 1.82) is 0 Å². The molecule has 116 valence electrons. The highest BCUT2D eigenvalue weighted by molar-refractivity contribution is 8.14. The van der Waals surface area contributed by atoms with E-state index in [-0.39, 0.29) is 10.3 Å². The van der Waals surface area contributed by atoms with Crippen LogP contribution in [0.15, 0.2) is 29.3 Å². The van der Waals surface area contributed by atoms with Gasteiger partial charge in [-0.05, 0) is 25.2 Å². The standard InChI is InChI=1S/C14H18ClFN2O2S/c1-3-17(4-2)8-9-18-10-13(21(15,19)20)14-11(16)6-5-7-12(14)18/h5-7,10H,3-4,8-9H2,1-2H3. The Morgan fingerprint density at radius 3 is 2.52 bits per heavy atom. The molecule has 0 saturated heterocycles. The minimum absolute atomic E-state index is 0.0621. The van der Waals surface area contributed by atoms with Gasteiger partial charge in [-0.2, -0.15) is 0 Å². The highest BCUT2D eigenvalue weighted by atomic mass is 35.7. The van der Waals surface area contributed by atoms with Crippen molar-refractivity contribution >= 4 is 30.6 Å². The summed E-state index contributed by atoms with van der Waals surface area (Å²) >= 11 is 0. The second kappa shape index (κ2) is 6.34. The Morgan fingerprint density at radius 1 is 1.29 bits per heavy atom. The zero-order valence-electron chi connectivity index (χ0n) is 12.0. The van der Waals surface area contributed by atoms with Gasteiger partial charge in [0.25, 0.3) is 9.05 Å². The summed E-state index contributed by atoms with van der Waals surface area (Å²) in [4.78, 5) is 2.04. The molecule has 1 aromatic heterocycles. The summed E-state index contributed by atoms with van der Waals surface area (Å²) in [6.07, 6.45) is 1.42. The van der Waals surface area contributed by atoms with Crippen LogP contribution in [0.25, 0.3) is 10.9 Å². The summed E-state index contributed by atoms with van der Waals surface area (Å²) < 4.78 is 39.0. The van der Waals surface area contributed by atoms with E-state index in [1.54, 1.807) is 16.7 Å². The highest BCUT2D eigenvalue weighted by Gasteiger charge is 2.21. The number of nitrogens with zero attached hydrogens (tertiary/aromatic N) is 2. The first-order valence-electron chi connectivity index (χ1n) is 6.82. The largest absolute Gasteiger partial charge is 0.345 e. The van der Waals surface area contributed by atoms with E-state index >= 15 is 0 Å². The predicted molar refractivity (Wildman–Crippen MR) is 82.7 cm³/mol. The maximum atomic E-state index is 14.0. The minimum Gasteiger partial charge on any atom is -0.345 e. The third kappa shape index (κ3) is 3.39. The van der Waals surface area contributed by atoms with Crippen LogP contribution in [-0.2, 0) is 15.6 Å². The van der Waals surface area contributed by atoms with Crippen molar-refractivity contribution in [2.45, 2.75) is 25.3 Å². The van der Waals surface area contributed by atoms with Crippen LogP contribution in [-0.4, -0.2) is 37.5 Å². The second-order valence-electron chi connectivity index (χ2n) is 4.79. The molecule has 0 radical (unpaired) electrons. The molecule has 0 aliphatic rings. The molecule has 2 rings (SSSR count). The monoisotopic (exact) mass is 332 g/mol. The normalized spacial score (nSPS) is 12.4. The Bertz CT molecular complexity index is 739. The van der Waals surface area contributed by atoms with E-state index in [1.807, 2.05) is 0 Å². The summed E-state index contributed by atoms with van der Waals surface area (Å²) in [7, 11) is 1.44. The Kier molecular flexibility index (Phi) is 4.91. The summed E-state index contributed by atoms with van der Waals surface area (Å²) in [5.74, 6) is -0.576. The molecule has 0 fully saturated rings. The van der Waals surface area contributed by atoms with Crippen molar-refractivity contribution in [3.63, 3.8) is 0 Å². The van der Waals surface area contributed by atoms with Crippen LogP contribution in [0.4, 0.5) is 4.39 Å². The average molecular weight is 333 g/mol. The first-order valence-corrected chi connectivity index (χ1v) is 9.13. The number of halogens is 2. The van der Waals surface area contributed by atoms with Gasteiger partial charge in [-0.3, -0.25) is 0 Å². The highest BCUT2D eigenvalue weighted by Crippen LogP contribution is 2.30. The summed E-state index contributed by atoms with van der Waals surface area (Å²) in [5, 5.41) is 0.0621. The van der Waals surface area contributed by atoms with Gasteiger partial charge in [-0.25, -0.2) is 12.8 Å². The van der Waals surface area contributed by atoms with Crippen LogP contribution < -0.4 is 0 Å². The molecule has 0 N–H and O–H groups in total. The predicted octanol–water partition coefficient (Wildman–Crippen LogP) is 3.05. The Hall–Kier alpha value is -1.11. The van der Waals surface area contributed by atoms with Gasteiger partial charge >= 0.3 is 0 Å². The maximum absolute atomic E-state index is 14.0. The molecule has 0 aliphatic carbocycles. The number of hydrogen-bond acceptors (Lipinski definition) is 3. The number of aromatic nitrogens is 1. The van der Waals surface area contributed by atoms with E-state index < -0.39 is 14.9 Å².